The number of carbonyl (C=O) groups is 2. The van der Waals surface area contributed by atoms with Gasteiger partial charge in [0.2, 0.25) is 0 Å². The molecule has 2 aromatic rings. The van der Waals surface area contributed by atoms with Gasteiger partial charge in [-0.05, 0) is 57.2 Å². The van der Waals surface area contributed by atoms with E-state index in [1.54, 1.807) is 6.92 Å². The zero-order valence-corrected chi connectivity index (χ0v) is 24.4. The topological polar surface area (TPSA) is 121 Å². The van der Waals surface area contributed by atoms with Crippen molar-refractivity contribution in [2.45, 2.75) is 78.3 Å². The van der Waals surface area contributed by atoms with E-state index in [9.17, 15) is 59.0 Å². The number of aryl methyl sites for hydroxylation is 1. The molecule has 2 fully saturated rings. The number of carboxylic acid groups (broad SMARTS) is 1. The summed E-state index contributed by atoms with van der Waals surface area (Å²) in [5, 5.41) is 20.6. The Bertz CT molecular complexity index is 1600. The highest BCUT2D eigenvalue weighted by atomic mass is 32.2. The smallest absolute Gasteiger partial charge is 0.435 e. The van der Waals surface area contributed by atoms with Gasteiger partial charge in [-0.25, -0.2) is 12.8 Å². The molecule has 3 aliphatic rings. The number of hydrogen-bond donors (Lipinski definition) is 2. The van der Waals surface area contributed by atoms with Crippen molar-refractivity contribution in [1.82, 2.24) is 4.90 Å². The number of benzene rings is 2. The lowest BCUT2D eigenvalue weighted by molar-refractivity contribution is -0.348. The Hall–Kier alpha value is -3.40. The van der Waals surface area contributed by atoms with E-state index in [2.05, 4.69) is 0 Å². The Morgan fingerprint density at radius 3 is 2.04 bits per heavy atom. The molecule has 1 aliphatic carbocycles. The molecule has 2 atom stereocenters. The monoisotopic (exact) mass is 667 g/mol. The van der Waals surface area contributed by atoms with Gasteiger partial charge in [0.1, 0.15) is 22.7 Å². The van der Waals surface area contributed by atoms with Crippen molar-refractivity contribution >= 4 is 21.7 Å². The molecule has 45 heavy (non-hydrogen) atoms. The maximum absolute atomic E-state index is 15.0. The molecule has 8 nitrogen and oxygen atoms in total. The molecule has 0 aromatic heterocycles. The summed E-state index contributed by atoms with van der Waals surface area (Å²) in [6.45, 7) is 0.656. The summed E-state index contributed by atoms with van der Waals surface area (Å²) in [6.07, 6.45) is -13.8. The van der Waals surface area contributed by atoms with Crippen molar-refractivity contribution in [1.29, 1.82) is 0 Å². The van der Waals surface area contributed by atoms with Gasteiger partial charge in [0.15, 0.2) is 9.84 Å². The standard InChI is InChI=1S/C29H28F7NO7S/c1-16-2-5-19(6-3-16)45(42,43)26-12-13-37(24(40)25(41)10-8-17(9-11-25)23(38)39)22(26)15-44-21-14-18(4-7-20(21)26)27(30,28(31,32)33)29(34,35)36/h2-7,14,17,22,41H,8-13,15H2,1H3,(H,38,39)/t17-,22?,25+,26?. The molecule has 0 radical (unpaired) electrons. The number of aliphatic carboxylic acids is 1. The van der Waals surface area contributed by atoms with Gasteiger partial charge in [-0.1, -0.05) is 29.8 Å². The van der Waals surface area contributed by atoms with Crippen molar-refractivity contribution in [2.75, 3.05) is 13.2 Å². The fourth-order valence-electron chi connectivity index (χ4n) is 6.71. The van der Waals surface area contributed by atoms with E-state index in [0.29, 0.717) is 11.6 Å². The van der Waals surface area contributed by atoms with Gasteiger partial charge >= 0.3 is 24.0 Å². The summed E-state index contributed by atoms with van der Waals surface area (Å²) in [6, 6.07) is 5.13. The zero-order valence-electron chi connectivity index (χ0n) is 23.6. The highest BCUT2D eigenvalue weighted by molar-refractivity contribution is 7.92. The van der Waals surface area contributed by atoms with Gasteiger partial charge in [-0.15, -0.1) is 0 Å². The van der Waals surface area contributed by atoms with Crippen LogP contribution in [0.2, 0.25) is 0 Å². The van der Waals surface area contributed by atoms with E-state index in [0.717, 1.165) is 4.90 Å². The lowest BCUT2D eigenvalue weighted by Gasteiger charge is -2.44. The second-order valence-corrected chi connectivity index (χ2v) is 14.0. The van der Waals surface area contributed by atoms with Crippen LogP contribution in [-0.2, 0) is 29.8 Å². The summed E-state index contributed by atoms with van der Waals surface area (Å²) in [4.78, 5) is 26.0. The number of aliphatic hydroxyl groups is 1. The van der Waals surface area contributed by atoms with Crippen LogP contribution in [0.1, 0.15) is 48.8 Å². The number of carbonyl (C=O) groups excluding carboxylic acids is 1. The molecule has 0 bridgehead atoms. The number of nitrogens with zero attached hydrogens (tertiary/aromatic N) is 1. The minimum atomic E-state index is -6.42. The average molecular weight is 668 g/mol. The van der Waals surface area contributed by atoms with Gasteiger partial charge in [0, 0.05) is 17.7 Å². The van der Waals surface area contributed by atoms with E-state index in [-0.39, 0.29) is 61.2 Å². The third-order valence-corrected chi connectivity index (χ3v) is 11.8. The van der Waals surface area contributed by atoms with Crippen LogP contribution < -0.4 is 4.74 Å². The highest BCUT2D eigenvalue weighted by Crippen LogP contribution is 2.57. The number of fused-ring (bicyclic) bond motifs is 3. The molecule has 5 rings (SSSR count). The Labute approximate surface area is 252 Å². The van der Waals surface area contributed by atoms with Crippen LogP contribution in [0, 0.1) is 12.8 Å². The molecule has 1 saturated carbocycles. The van der Waals surface area contributed by atoms with Crippen LogP contribution in [0.15, 0.2) is 47.4 Å². The number of ether oxygens (including phenoxy) is 1. The first-order chi connectivity index (χ1) is 20.7. The lowest BCUT2D eigenvalue weighted by atomic mass is 9.77. The molecule has 2 aromatic carbocycles. The predicted octanol–water partition coefficient (Wildman–Crippen LogP) is 4.95. The molecule has 2 N–H and O–H groups in total. The van der Waals surface area contributed by atoms with Gasteiger partial charge in [0.05, 0.1) is 16.9 Å². The zero-order chi connectivity index (χ0) is 33.4. The molecule has 1 amide bonds. The average Bonchev–Trinajstić information content (AvgIpc) is 3.37. The second kappa shape index (κ2) is 10.6. The summed E-state index contributed by atoms with van der Waals surface area (Å²) in [5.41, 5.74) is -9.40. The normalized spacial score (nSPS) is 27.4. The largest absolute Gasteiger partial charge is 0.491 e. The van der Waals surface area contributed by atoms with E-state index in [4.69, 9.17) is 4.74 Å². The molecule has 246 valence electrons. The van der Waals surface area contributed by atoms with Gasteiger partial charge in [-0.2, -0.15) is 26.3 Å². The SMILES string of the molecule is Cc1ccc(S(=O)(=O)C23CCN(C(=O)[C@]4(O)CC[C@@H](C(=O)O)CC4)C2COc2cc(C(F)(C(F)(F)F)C(F)(F)F)ccc23)cc1. The van der Waals surface area contributed by atoms with Crippen LogP contribution in [0.25, 0.3) is 0 Å². The molecule has 16 heteroatoms. The molecule has 1 saturated heterocycles. The van der Waals surface area contributed by atoms with Crippen molar-refractivity contribution < 1.29 is 63.7 Å². The number of alkyl halides is 7. The lowest BCUT2D eigenvalue weighted by Crippen LogP contribution is -2.59. The molecule has 2 aliphatic heterocycles. The van der Waals surface area contributed by atoms with Crippen LogP contribution in [0.5, 0.6) is 5.75 Å². The third-order valence-electron chi connectivity index (χ3n) is 9.28. The van der Waals surface area contributed by atoms with Crippen molar-refractivity contribution in [2.24, 2.45) is 5.92 Å². The molecular formula is C29H28F7NO7S. The number of hydrogen-bond acceptors (Lipinski definition) is 6. The fourth-order valence-corrected chi connectivity index (χ4v) is 9.00. The summed E-state index contributed by atoms with van der Waals surface area (Å²) >= 11 is 0. The number of sulfone groups is 1. The van der Waals surface area contributed by atoms with Crippen LogP contribution in [-0.4, -0.2) is 72.6 Å². The minimum Gasteiger partial charge on any atom is -0.491 e. The number of amides is 1. The van der Waals surface area contributed by atoms with Gasteiger partial charge in [0.25, 0.3) is 5.91 Å². The van der Waals surface area contributed by atoms with Crippen molar-refractivity contribution in [3.63, 3.8) is 0 Å². The third kappa shape index (κ3) is 4.86. The Balaban J connectivity index is 1.64. The maximum atomic E-state index is 15.0. The van der Waals surface area contributed by atoms with Crippen molar-refractivity contribution in [3.05, 3.63) is 59.2 Å². The first-order valence-electron chi connectivity index (χ1n) is 13.9. The number of rotatable bonds is 5. The quantitative estimate of drug-likeness (QED) is 0.433. The number of carboxylic acids is 1. The van der Waals surface area contributed by atoms with E-state index >= 15 is 0 Å². The second-order valence-electron chi connectivity index (χ2n) is 11.8. The van der Waals surface area contributed by atoms with Crippen LogP contribution >= 0.6 is 0 Å². The first-order valence-corrected chi connectivity index (χ1v) is 15.4. The Morgan fingerprint density at radius 1 is 0.933 bits per heavy atom. The summed E-state index contributed by atoms with van der Waals surface area (Å²) < 4.78 is 128. The van der Waals surface area contributed by atoms with Crippen molar-refractivity contribution in [3.8, 4) is 5.75 Å². The highest BCUT2D eigenvalue weighted by Gasteiger charge is 2.74. The predicted molar refractivity (Wildman–Crippen MR) is 142 cm³/mol. The van der Waals surface area contributed by atoms with E-state index in [1.807, 2.05) is 0 Å². The Kier molecular flexibility index (Phi) is 7.75. The van der Waals surface area contributed by atoms with E-state index in [1.165, 1.54) is 24.3 Å². The minimum absolute atomic E-state index is 0.0333. The van der Waals surface area contributed by atoms with Crippen LogP contribution in [0.4, 0.5) is 30.7 Å². The Morgan fingerprint density at radius 2 is 1.51 bits per heavy atom. The molecule has 2 unspecified atom stereocenters. The summed E-state index contributed by atoms with van der Waals surface area (Å²) in [5.74, 6) is -3.53. The molecular weight excluding hydrogens is 639 g/mol. The van der Waals surface area contributed by atoms with Crippen LogP contribution in [0.3, 0.4) is 0 Å². The maximum Gasteiger partial charge on any atom is 0.435 e. The summed E-state index contributed by atoms with van der Waals surface area (Å²) in [7, 11) is -4.60. The van der Waals surface area contributed by atoms with E-state index < -0.39 is 80.0 Å². The first kappa shape index (κ1) is 33.0. The number of likely N-dealkylation sites (tertiary alicyclic amines) is 1. The molecule has 0 spiro atoms. The fraction of sp³-hybridized carbons (Fsp3) is 0.517. The van der Waals surface area contributed by atoms with Gasteiger partial charge in [-0.3, -0.25) is 9.59 Å². The molecule has 2 heterocycles. The van der Waals surface area contributed by atoms with Gasteiger partial charge < -0.3 is 19.8 Å². The number of halogens is 7.